The summed E-state index contributed by atoms with van der Waals surface area (Å²) in [6.07, 6.45) is 5.33. The SMILES string of the molecule is COc1ccc2c(c1)CCc1ccc(c(F)c1)Oc1cc(ccc1OC)/C=C\c1ccc-2c(OC)c1. The second-order valence-electron chi connectivity index (χ2n) is 8.59. The molecule has 0 spiro atoms. The number of benzene rings is 4. The molecule has 6 bridgehead atoms. The Labute approximate surface area is 210 Å². The second-order valence-corrected chi connectivity index (χ2v) is 8.59. The van der Waals surface area contributed by atoms with Gasteiger partial charge in [-0.25, -0.2) is 4.39 Å². The maximum Gasteiger partial charge on any atom is 0.170 e. The highest BCUT2D eigenvalue weighted by Gasteiger charge is 2.15. The van der Waals surface area contributed by atoms with Crippen molar-refractivity contribution in [1.82, 2.24) is 0 Å². The van der Waals surface area contributed by atoms with Gasteiger partial charge in [-0.2, -0.15) is 0 Å². The molecule has 0 atom stereocenters. The number of aryl methyl sites for hydroxylation is 2. The van der Waals surface area contributed by atoms with Crippen LogP contribution in [-0.2, 0) is 12.8 Å². The van der Waals surface area contributed by atoms with Gasteiger partial charge in [0.2, 0.25) is 0 Å². The predicted octanol–water partition coefficient (Wildman–Crippen LogP) is 7.58. The van der Waals surface area contributed by atoms with Gasteiger partial charge < -0.3 is 18.9 Å². The van der Waals surface area contributed by atoms with E-state index in [0.717, 1.165) is 44.9 Å². The molecule has 0 unspecified atom stereocenters. The standard InChI is InChI=1S/C31H27FO4/c1-33-24-11-13-25-23(19-24)10-6-20-8-14-28(27(32)16-20)36-31-18-22(9-15-29(31)34-2)5-4-21-7-12-26(25)30(17-21)35-3/h4-5,7-9,11-19H,6,10H2,1-3H3/b5-4-. The summed E-state index contributed by atoms with van der Waals surface area (Å²) >= 11 is 0. The lowest BCUT2D eigenvalue weighted by Gasteiger charge is -2.16. The van der Waals surface area contributed by atoms with E-state index in [1.807, 2.05) is 54.6 Å². The minimum atomic E-state index is -0.418. The normalized spacial score (nSPS) is 13.2. The molecule has 4 aromatic rings. The van der Waals surface area contributed by atoms with E-state index in [1.54, 1.807) is 27.4 Å². The molecule has 0 N–H and O–H groups in total. The third-order valence-corrected chi connectivity index (χ3v) is 6.38. The zero-order valence-corrected chi connectivity index (χ0v) is 20.5. The maximum atomic E-state index is 15.1. The Morgan fingerprint density at radius 2 is 1.39 bits per heavy atom. The number of hydrogen-bond donors (Lipinski definition) is 0. The highest BCUT2D eigenvalue weighted by Crippen LogP contribution is 2.37. The van der Waals surface area contributed by atoms with E-state index < -0.39 is 5.82 Å². The second kappa shape index (κ2) is 10.2. The summed E-state index contributed by atoms with van der Waals surface area (Å²) in [5, 5.41) is 0. The Morgan fingerprint density at radius 3 is 2.14 bits per heavy atom. The Morgan fingerprint density at radius 1 is 0.639 bits per heavy atom. The lowest BCUT2D eigenvalue weighted by Crippen LogP contribution is -1.99. The summed E-state index contributed by atoms with van der Waals surface area (Å²) in [5.41, 5.74) is 5.91. The molecule has 0 amide bonds. The van der Waals surface area contributed by atoms with Crippen molar-refractivity contribution in [3.63, 3.8) is 0 Å². The molecular weight excluding hydrogens is 455 g/mol. The van der Waals surface area contributed by atoms with Gasteiger partial charge in [-0.05, 0) is 83.1 Å². The molecule has 4 heterocycles. The molecule has 4 aliphatic rings. The van der Waals surface area contributed by atoms with E-state index in [2.05, 4.69) is 18.2 Å². The Hall–Kier alpha value is -4.25. The number of ether oxygens (including phenoxy) is 4. The Balaban J connectivity index is 1.67. The zero-order chi connectivity index (χ0) is 25.1. The number of hydrogen-bond acceptors (Lipinski definition) is 4. The van der Waals surface area contributed by atoms with Crippen LogP contribution in [-0.4, -0.2) is 21.3 Å². The Bertz CT molecular complexity index is 1440. The molecule has 4 aromatic carbocycles. The first-order valence-electron chi connectivity index (χ1n) is 11.8. The topological polar surface area (TPSA) is 36.9 Å². The van der Waals surface area contributed by atoms with Crippen LogP contribution in [0, 0.1) is 5.82 Å². The highest BCUT2D eigenvalue weighted by atomic mass is 19.1. The van der Waals surface area contributed by atoms with Crippen LogP contribution in [0.3, 0.4) is 0 Å². The van der Waals surface area contributed by atoms with Crippen molar-refractivity contribution in [1.29, 1.82) is 0 Å². The first-order valence-corrected chi connectivity index (χ1v) is 11.8. The summed E-state index contributed by atoms with van der Waals surface area (Å²) in [4.78, 5) is 0. The average Bonchev–Trinajstić information content (AvgIpc) is 2.91. The molecule has 0 aliphatic carbocycles. The predicted molar refractivity (Wildman–Crippen MR) is 141 cm³/mol. The van der Waals surface area contributed by atoms with E-state index >= 15 is 4.39 Å². The molecule has 4 nitrogen and oxygen atoms in total. The molecule has 182 valence electrons. The third kappa shape index (κ3) is 4.78. The van der Waals surface area contributed by atoms with E-state index in [4.69, 9.17) is 18.9 Å². The van der Waals surface area contributed by atoms with Crippen molar-refractivity contribution in [2.75, 3.05) is 21.3 Å². The maximum absolute atomic E-state index is 15.1. The van der Waals surface area contributed by atoms with Crippen molar-refractivity contribution < 1.29 is 23.3 Å². The quantitative estimate of drug-likeness (QED) is 0.302. The van der Waals surface area contributed by atoms with Crippen LogP contribution in [0.5, 0.6) is 28.7 Å². The molecule has 0 saturated heterocycles. The lowest BCUT2D eigenvalue weighted by atomic mass is 9.93. The first kappa shape index (κ1) is 23.5. The fourth-order valence-corrected chi connectivity index (χ4v) is 4.45. The van der Waals surface area contributed by atoms with Crippen molar-refractivity contribution in [2.45, 2.75) is 12.8 Å². The van der Waals surface area contributed by atoms with Gasteiger partial charge in [0, 0.05) is 5.56 Å². The van der Waals surface area contributed by atoms with Gasteiger partial charge in [0.05, 0.1) is 21.3 Å². The summed E-state index contributed by atoms with van der Waals surface area (Å²) in [6, 6.07) is 22.9. The molecule has 5 heteroatoms. The van der Waals surface area contributed by atoms with Crippen molar-refractivity contribution in [3.05, 3.63) is 101 Å². The zero-order valence-electron chi connectivity index (χ0n) is 20.5. The molecule has 4 aliphatic heterocycles. The van der Waals surface area contributed by atoms with Crippen molar-refractivity contribution in [2.24, 2.45) is 0 Å². The van der Waals surface area contributed by atoms with Gasteiger partial charge in [-0.1, -0.05) is 42.5 Å². The Kier molecular flexibility index (Phi) is 6.63. The molecule has 0 radical (unpaired) electrons. The monoisotopic (exact) mass is 482 g/mol. The van der Waals surface area contributed by atoms with Crippen LogP contribution in [0.4, 0.5) is 4.39 Å². The van der Waals surface area contributed by atoms with Crippen molar-refractivity contribution in [3.8, 4) is 39.9 Å². The fourth-order valence-electron chi connectivity index (χ4n) is 4.45. The number of halogens is 1. The minimum absolute atomic E-state index is 0.154. The van der Waals surface area contributed by atoms with Gasteiger partial charge in [-0.15, -0.1) is 0 Å². The smallest absolute Gasteiger partial charge is 0.170 e. The van der Waals surface area contributed by atoms with Gasteiger partial charge in [0.1, 0.15) is 11.5 Å². The van der Waals surface area contributed by atoms with Crippen LogP contribution < -0.4 is 18.9 Å². The van der Waals surface area contributed by atoms with Crippen molar-refractivity contribution >= 4 is 12.2 Å². The van der Waals surface area contributed by atoms with Crippen LogP contribution in [0.1, 0.15) is 22.3 Å². The fraction of sp³-hybridized carbons (Fsp3) is 0.161. The highest BCUT2D eigenvalue weighted by molar-refractivity contribution is 5.78. The van der Waals surface area contributed by atoms with Crippen LogP contribution in [0.2, 0.25) is 0 Å². The van der Waals surface area contributed by atoms with Crippen LogP contribution >= 0.6 is 0 Å². The van der Waals surface area contributed by atoms with E-state index in [0.29, 0.717) is 24.3 Å². The van der Waals surface area contributed by atoms with E-state index in [9.17, 15) is 0 Å². The van der Waals surface area contributed by atoms with E-state index in [-0.39, 0.29) is 5.75 Å². The molecule has 0 aromatic heterocycles. The minimum Gasteiger partial charge on any atom is -0.497 e. The number of methoxy groups -OCH3 is 3. The van der Waals surface area contributed by atoms with Crippen LogP contribution in [0.25, 0.3) is 23.3 Å². The summed E-state index contributed by atoms with van der Waals surface area (Å²) in [6.45, 7) is 0. The van der Waals surface area contributed by atoms with Gasteiger partial charge >= 0.3 is 0 Å². The average molecular weight is 483 g/mol. The largest absolute Gasteiger partial charge is 0.497 e. The molecule has 36 heavy (non-hydrogen) atoms. The molecule has 0 fully saturated rings. The lowest BCUT2D eigenvalue weighted by molar-refractivity contribution is 0.371. The van der Waals surface area contributed by atoms with Gasteiger partial charge in [-0.3, -0.25) is 0 Å². The summed E-state index contributed by atoms with van der Waals surface area (Å²) in [5.74, 6) is 2.26. The molecule has 0 saturated carbocycles. The summed E-state index contributed by atoms with van der Waals surface area (Å²) in [7, 11) is 4.90. The van der Waals surface area contributed by atoms with Gasteiger partial charge in [0.15, 0.2) is 23.1 Å². The van der Waals surface area contributed by atoms with E-state index in [1.165, 1.54) is 6.07 Å². The first-order chi connectivity index (χ1) is 17.6. The molecular formula is C31H27FO4. The van der Waals surface area contributed by atoms with Crippen LogP contribution in [0.15, 0.2) is 72.8 Å². The third-order valence-electron chi connectivity index (χ3n) is 6.38. The van der Waals surface area contributed by atoms with Gasteiger partial charge in [0.25, 0.3) is 0 Å². The summed E-state index contributed by atoms with van der Waals surface area (Å²) < 4.78 is 37.7. The molecule has 8 rings (SSSR count). The number of rotatable bonds is 3.